The van der Waals surface area contributed by atoms with Crippen LogP contribution in [-0.4, -0.2) is 20.2 Å². The molecule has 4 rings (SSSR count). The summed E-state index contributed by atoms with van der Waals surface area (Å²) in [5.41, 5.74) is 0.0458. The van der Waals surface area contributed by atoms with E-state index in [1.165, 1.54) is 36.4 Å². The van der Waals surface area contributed by atoms with Gasteiger partial charge in [0.1, 0.15) is 11.6 Å². The lowest BCUT2D eigenvalue weighted by Gasteiger charge is -2.19. The molecule has 1 heterocycles. The maximum Gasteiger partial charge on any atom is 0.343 e. The predicted octanol–water partition coefficient (Wildman–Crippen LogP) is 4.18. The molecule has 0 unspecified atom stereocenters. The van der Waals surface area contributed by atoms with Crippen molar-refractivity contribution < 1.29 is 27.1 Å². The van der Waals surface area contributed by atoms with E-state index >= 15 is 0 Å². The first-order valence-corrected chi connectivity index (χ1v) is 10.3. The number of carbonyl (C=O) groups is 2. The fourth-order valence-electron chi connectivity index (χ4n) is 2.93. The number of halogens is 2. The highest BCUT2D eigenvalue weighted by Gasteiger charge is 2.35. The van der Waals surface area contributed by atoms with Gasteiger partial charge in [-0.15, -0.1) is 0 Å². The van der Waals surface area contributed by atoms with Crippen molar-refractivity contribution in [2.75, 3.05) is 0 Å². The van der Waals surface area contributed by atoms with Gasteiger partial charge < -0.3 is 4.74 Å². The van der Waals surface area contributed by atoms with Crippen molar-refractivity contribution in [1.29, 1.82) is 0 Å². The highest BCUT2D eigenvalue weighted by atomic mass is 79.9. The van der Waals surface area contributed by atoms with E-state index in [0.29, 0.717) is 0 Å². The molecule has 0 aliphatic carbocycles. The summed E-state index contributed by atoms with van der Waals surface area (Å²) in [7, 11) is -3.96. The Bertz CT molecular complexity index is 1270. The lowest BCUT2D eigenvalue weighted by molar-refractivity contribution is 0.0732. The highest BCUT2D eigenvalue weighted by Crippen LogP contribution is 2.35. The van der Waals surface area contributed by atoms with Crippen LogP contribution in [0.15, 0.2) is 74.9 Å². The van der Waals surface area contributed by atoms with Crippen LogP contribution in [0.5, 0.6) is 5.75 Å². The molecule has 5 nitrogen and oxygen atoms in total. The van der Waals surface area contributed by atoms with Crippen LogP contribution in [0.3, 0.4) is 0 Å². The highest BCUT2D eigenvalue weighted by molar-refractivity contribution is 9.10. The number of hydrogen-bond acceptors (Lipinski definition) is 5. The van der Waals surface area contributed by atoms with Crippen LogP contribution < -0.4 is 4.74 Å². The zero-order valence-corrected chi connectivity index (χ0v) is 16.4. The number of fused-ring (bicyclic) bond motifs is 2. The molecule has 28 heavy (non-hydrogen) atoms. The number of hydrogen-bond donors (Lipinski definition) is 0. The summed E-state index contributed by atoms with van der Waals surface area (Å²) in [6.07, 6.45) is 0. The Balaban J connectivity index is 1.76. The first-order chi connectivity index (χ1) is 13.3. The van der Waals surface area contributed by atoms with Crippen molar-refractivity contribution in [2.45, 2.75) is 9.79 Å². The van der Waals surface area contributed by atoms with Crippen LogP contribution in [0.2, 0.25) is 0 Å². The summed E-state index contributed by atoms with van der Waals surface area (Å²) in [5.74, 6) is -1.70. The van der Waals surface area contributed by atoms with Crippen LogP contribution >= 0.6 is 15.9 Å². The largest absolute Gasteiger partial charge is 0.422 e. The number of benzene rings is 3. The normalized spacial score (nSPS) is 14.1. The number of ether oxygens (including phenoxy) is 1. The lowest BCUT2D eigenvalue weighted by Crippen LogP contribution is -2.21. The Hall–Kier alpha value is -2.84. The van der Waals surface area contributed by atoms with Gasteiger partial charge in [0.15, 0.2) is 5.78 Å². The van der Waals surface area contributed by atoms with Crippen molar-refractivity contribution in [3.63, 3.8) is 0 Å². The molecule has 0 radical (unpaired) electrons. The SMILES string of the molecule is O=C(Oc1ccc(F)cc1Br)c1ccc2c(c1)S(=O)(=O)c1ccccc1C2=O. The van der Waals surface area contributed by atoms with Crippen LogP contribution in [0.1, 0.15) is 26.3 Å². The van der Waals surface area contributed by atoms with Crippen molar-refractivity contribution in [3.05, 3.63) is 87.6 Å². The molecule has 0 N–H and O–H groups in total. The maximum absolute atomic E-state index is 13.2. The average molecular weight is 461 g/mol. The Labute approximate surface area is 167 Å². The molecule has 0 bridgehead atoms. The number of sulfone groups is 1. The van der Waals surface area contributed by atoms with Crippen molar-refractivity contribution in [1.82, 2.24) is 0 Å². The molecule has 0 saturated carbocycles. The third-order valence-corrected chi connectivity index (χ3v) is 6.74. The van der Waals surface area contributed by atoms with Crippen molar-refractivity contribution in [3.8, 4) is 5.75 Å². The van der Waals surface area contributed by atoms with Gasteiger partial charge in [-0.3, -0.25) is 4.79 Å². The topological polar surface area (TPSA) is 77.5 Å². The van der Waals surface area contributed by atoms with Crippen LogP contribution in [0.25, 0.3) is 0 Å². The second-order valence-corrected chi connectivity index (χ2v) is 8.74. The van der Waals surface area contributed by atoms with Gasteiger partial charge in [-0.05, 0) is 64.5 Å². The van der Waals surface area contributed by atoms with Crippen LogP contribution in [0, 0.1) is 5.82 Å². The molecule has 3 aromatic carbocycles. The van der Waals surface area contributed by atoms with Gasteiger partial charge in [0, 0.05) is 11.1 Å². The minimum absolute atomic E-state index is 0.00165. The molecule has 0 atom stereocenters. The van der Waals surface area contributed by atoms with Gasteiger partial charge in [0.25, 0.3) is 0 Å². The predicted molar refractivity (Wildman–Crippen MR) is 101 cm³/mol. The monoisotopic (exact) mass is 460 g/mol. The molecular formula is C20H10BrFO5S. The molecule has 0 aromatic heterocycles. The number of rotatable bonds is 2. The van der Waals surface area contributed by atoms with Gasteiger partial charge in [-0.1, -0.05) is 12.1 Å². The maximum atomic E-state index is 13.2. The smallest absolute Gasteiger partial charge is 0.343 e. The minimum atomic E-state index is -3.96. The first-order valence-electron chi connectivity index (χ1n) is 7.99. The summed E-state index contributed by atoms with van der Waals surface area (Å²) in [5, 5.41) is 0. The quantitative estimate of drug-likeness (QED) is 0.331. The Morgan fingerprint density at radius 3 is 2.39 bits per heavy atom. The summed E-state index contributed by atoms with van der Waals surface area (Å²) in [6.45, 7) is 0. The number of esters is 1. The van der Waals surface area contributed by atoms with Gasteiger partial charge >= 0.3 is 5.97 Å². The van der Waals surface area contributed by atoms with E-state index in [0.717, 1.165) is 18.2 Å². The Kier molecular flexibility index (Phi) is 4.40. The molecule has 0 saturated heterocycles. The zero-order chi connectivity index (χ0) is 20.1. The van der Waals surface area contributed by atoms with E-state index in [2.05, 4.69) is 15.9 Å². The van der Waals surface area contributed by atoms with E-state index in [4.69, 9.17) is 4.74 Å². The van der Waals surface area contributed by atoms with E-state index in [-0.39, 0.29) is 36.7 Å². The summed E-state index contributed by atoms with van der Waals surface area (Å²) in [4.78, 5) is 24.7. The second-order valence-electron chi connectivity index (χ2n) is 6.00. The number of ketones is 1. The van der Waals surface area contributed by atoms with Gasteiger partial charge in [0.2, 0.25) is 9.84 Å². The molecule has 1 aliphatic rings. The molecule has 3 aromatic rings. The van der Waals surface area contributed by atoms with Crippen LogP contribution in [0.4, 0.5) is 4.39 Å². The average Bonchev–Trinajstić information content (AvgIpc) is 2.68. The van der Waals surface area contributed by atoms with Gasteiger partial charge in [-0.2, -0.15) is 0 Å². The molecule has 0 amide bonds. The molecule has 1 aliphatic heterocycles. The lowest BCUT2D eigenvalue weighted by atomic mass is 10.0. The number of carbonyl (C=O) groups excluding carboxylic acids is 2. The zero-order valence-electron chi connectivity index (χ0n) is 14.0. The standard InChI is InChI=1S/C20H10BrFO5S/c21-15-10-12(22)6-8-16(15)27-20(24)11-5-7-14-18(9-11)28(25,26)17-4-2-1-3-13(17)19(14)23/h1-10H. The minimum Gasteiger partial charge on any atom is -0.422 e. The third kappa shape index (κ3) is 2.94. The van der Waals surface area contributed by atoms with E-state index < -0.39 is 27.4 Å². The van der Waals surface area contributed by atoms with Crippen LogP contribution in [-0.2, 0) is 9.84 Å². The third-order valence-electron chi connectivity index (χ3n) is 4.27. The summed E-state index contributed by atoms with van der Waals surface area (Å²) in [6, 6.07) is 13.2. The van der Waals surface area contributed by atoms with Crippen molar-refractivity contribution >= 4 is 37.5 Å². The molecule has 140 valence electrons. The molecule has 0 fully saturated rings. The van der Waals surface area contributed by atoms with E-state index in [1.54, 1.807) is 6.07 Å². The van der Waals surface area contributed by atoms with Crippen molar-refractivity contribution in [2.24, 2.45) is 0 Å². The van der Waals surface area contributed by atoms with E-state index in [1.807, 2.05) is 0 Å². The van der Waals surface area contributed by atoms with E-state index in [9.17, 15) is 22.4 Å². The fraction of sp³-hybridized carbons (Fsp3) is 0. The fourth-order valence-corrected chi connectivity index (χ4v) is 5.04. The summed E-state index contributed by atoms with van der Waals surface area (Å²) < 4.78 is 44.4. The first kappa shape index (κ1) is 18.5. The summed E-state index contributed by atoms with van der Waals surface area (Å²) >= 11 is 3.09. The second kappa shape index (κ2) is 6.65. The van der Waals surface area contributed by atoms with Gasteiger partial charge in [0.05, 0.1) is 19.8 Å². The van der Waals surface area contributed by atoms with Gasteiger partial charge in [-0.25, -0.2) is 17.6 Å². The molecule has 0 spiro atoms. The molecule has 8 heteroatoms. The Morgan fingerprint density at radius 2 is 1.64 bits per heavy atom. The molecular weight excluding hydrogens is 451 g/mol. The Morgan fingerprint density at radius 1 is 0.929 bits per heavy atom.